The Morgan fingerprint density at radius 1 is 1.30 bits per heavy atom. The Labute approximate surface area is 127 Å². The molecule has 0 bridgehead atoms. The summed E-state index contributed by atoms with van der Waals surface area (Å²) in [5, 5.41) is 4.22. The normalized spacial score (nSPS) is 27.9. The molecule has 2 aliphatic heterocycles. The fourth-order valence-electron chi connectivity index (χ4n) is 3.64. The van der Waals surface area contributed by atoms with Gasteiger partial charge in [0.2, 0.25) is 0 Å². The molecule has 1 aromatic rings. The standard InChI is InChI=1S/C15H25N3O.ClH/c1-3-6-12-11-14(19-16-12)13-7-10-17(2)15(13)18-8-4-5-9-18;/h11,13,15H,3-10H2,1-2H3;1H/t13?,15-;/m0./s1. The van der Waals surface area contributed by atoms with Crippen LogP contribution in [0.4, 0.5) is 0 Å². The lowest BCUT2D eigenvalue weighted by Gasteiger charge is -2.32. The third-order valence-corrected chi connectivity index (χ3v) is 4.57. The van der Waals surface area contributed by atoms with E-state index in [1.54, 1.807) is 0 Å². The fourth-order valence-corrected chi connectivity index (χ4v) is 3.64. The number of hydrogen-bond acceptors (Lipinski definition) is 4. The molecule has 2 saturated heterocycles. The Hall–Kier alpha value is -0.580. The Morgan fingerprint density at radius 2 is 2.05 bits per heavy atom. The van der Waals surface area contributed by atoms with Gasteiger partial charge < -0.3 is 4.52 Å². The largest absolute Gasteiger partial charge is 0.361 e. The van der Waals surface area contributed by atoms with E-state index in [0.717, 1.165) is 30.8 Å². The highest BCUT2D eigenvalue weighted by molar-refractivity contribution is 5.85. The number of aromatic nitrogens is 1. The molecule has 2 aliphatic rings. The van der Waals surface area contributed by atoms with Crippen LogP contribution in [0.2, 0.25) is 0 Å². The minimum atomic E-state index is 0. The molecular weight excluding hydrogens is 274 g/mol. The van der Waals surface area contributed by atoms with Crippen molar-refractivity contribution in [3.8, 4) is 0 Å². The molecule has 0 spiro atoms. The Kier molecular flexibility index (Phi) is 5.47. The molecule has 0 amide bonds. The number of halogens is 1. The van der Waals surface area contributed by atoms with Crippen molar-refractivity contribution < 1.29 is 4.52 Å². The molecule has 5 heteroatoms. The van der Waals surface area contributed by atoms with Gasteiger partial charge in [0.15, 0.2) is 0 Å². The first-order valence-corrected chi connectivity index (χ1v) is 7.69. The minimum absolute atomic E-state index is 0. The molecule has 1 unspecified atom stereocenters. The van der Waals surface area contributed by atoms with Crippen molar-refractivity contribution in [3.05, 3.63) is 17.5 Å². The van der Waals surface area contributed by atoms with Crippen molar-refractivity contribution in [2.45, 2.75) is 51.1 Å². The van der Waals surface area contributed by atoms with Crippen LogP contribution in [0.3, 0.4) is 0 Å². The highest BCUT2D eigenvalue weighted by Crippen LogP contribution is 2.36. The van der Waals surface area contributed by atoms with Crippen LogP contribution in [0.5, 0.6) is 0 Å². The number of nitrogens with zero attached hydrogens (tertiary/aromatic N) is 3. The van der Waals surface area contributed by atoms with Gasteiger partial charge in [0.1, 0.15) is 5.76 Å². The van der Waals surface area contributed by atoms with Gasteiger partial charge in [-0.3, -0.25) is 9.80 Å². The summed E-state index contributed by atoms with van der Waals surface area (Å²) in [7, 11) is 2.24. The molecule has 0 radical (unpaired) electrons. The topological polar surface area (TPSA) is 32.5 Å². The van der Waals surface area contributed by atoms with Crippen LogP contribution < -0.4 is 0 Å². The van der Waals surface area contributed by atoms with E-state index in [1.807, 2.05) is 0 Å². The number of hydrogen-bond donors (Lipinski definition) is 0. The van der Waals surface area contributed by atoms with Gasteiger partial charge in [-0.25, -0.2) is 0 Å². The van der Waals surface area contributed by atoms with E-state index >= 15 is 0 Å². The van der Waals surface area contributed by atoms with E-state index in [0.29, 0.717) is 12.1 Å². The second-order valence-electron chi connectivity index (χ2n) is 6.00. The highest BCUT2D eigenvalue weighted by Gasteiger charge is 2.39. The monoisotopic (exact) mass is 299 g/mol. The van der Waals surface area contributed by atoms with Crippen LogP contribution in [0.25, 0.3) is 0 Å². The molecule has 20 heavy (non-hydrogen) atoms. The minimum Gasteiger partial charge on any atom is -0.361 e. The third-order valence-electron chi connectivity index (χ3n) is 4.57. The highest BCUT2D eigenvalue weighted by atomic mass is 35.5. The van der Waals surface area contributed by atoms with Crippen LogP contribution in [0.15, 0.2) is 10.6 Å². The average Bonchev–Trinajstić information content (AvgIpc) is 3.08. The molecule has 0 N–H and O–H groups in total. The average molecular weight is 300 g/mol. The molecule has 0 aromatic carbocycles. The first-order chi connectivity index (χ1) is 9.29. The smallest absolute Gasteiger partial charge is 0.143 e. The van der Waals surface area contributed by atoms with Crippen LogP contribution in [0.1, 0.15) is 50.0 Å². The lowest BCUT2D eigenvalue weighted by molar-refractivity contribution is 0.0991. The first kappa shape index (κ1) is 15.8. The number of likely N-dealkylation sites (tertiary alicyclic amines) is 2. The van der Waals surface area contributed by atoms with E-state index in [1.165, 1.54) is 32.4 Å². The van der Waals surface area contributed by atoms with E-state index in [4.69, 9.17) is 4.52 Å². The molecule has 1 aromatic heterocycles. The lowest BCUT2D eigenvalue weighted by Crippen LogP contribution is -2.43. The van der Waals surface area contributed by atoms with Gasteiger partial charge in [-0.2, -0.15) is 0 Å². The van der Waals surface area contributed by atoms with Crippen LogP contribution in [-0.4, -0.2) is 47.8 Å². The maximum Gasteiger partial charge on any atom is 0.143 e. The molecule has 3 heterocycles. The second-order valence-corrected chi connectivity index (χ2v) is 6.00. The molecule has 0 saturated carbocycles. The zero-order valence-corrected chi connectivity index (χ0v) is 13.4. The van der Waals surface area contributed by atoms with Gasteiger partial charge in [-0.1, -0.05) is 18.5 Å². The molecule has 2 fully saturated rings. The molecule has 2 atom stereocenters. The Bertz CT molecular complexity index is 417. The molecule has 4 nitrogen and oxygen atoms in total. The zero-order valence-electron chi connectivity index (χ0n) is 12.5. The first-order valence-electron chi connectivity index (χ1n) is 7.69. The molecule has 0 aliphatic carbocycles. The number of likely N-dealkylation sites (N-methyl/N-ethyl adjacent to an activating group) is 1. The lowest BCUT2D eigenvalue weighted by atomic mass is 10.0. The Morgan fingerprint density at radius 3 is 2.75 bits per heavy atom. The van der Waals surface area contributed by atoms with Crippen molar-refractivity contribution in [2.75, 3.05) is 26.7 Å². The van der Waals surface area contributed by atoms with Crippen molar-refractivity contribution in [3.63, 3.8) is 0 Å². The van der Waals surface area contributed by atoms with Gasteiger partial charge in [0.05, 0.1) is 17.8 Å². The number of aryl methyl sites for hydroxylation is 1. The van der Waals surface area contributed by atoms with Crippen molar-refractivity contribution in [2.24, 2.45) is 0 Å². The zero-order chi connectivity index (χ0) is 13.2. The quantitative estimate of drug-likeness (QED) is 0.856. The maximum atomic E-state index is 5.64. The van der Waals surface area contributed by atoms with Gasteiger partial charge >= 0.3 is 0 Å². The van der Waals surface area contributed by atoms with Gasteiger partial charge in [-0.15, -0.1) is 12.4 Å². The van der Waals surface area contributed by atoms with Gasteiger partial charge in [-0.05, 0) is 45.8 Å². The summed E-state index contributed by atoms with van der Waals surface area (Å²) >= 11 is 0. The summed E-state index contributed by atoms with van der Waals surface area (Å²) < 4.78 is 5.64. The van der Waals surface area contributed by atoms with Crippen LogP contribution in [-0.2, 0) is 6.42 Å². The summed E-state index contributed by atoms with van der Waals surface area (Å²) in [6.07, 6.45) is 6.55. The van der Waals surface area contributed by atoms with Crippen molar-refractivity contribution in [1.29, 1.82) is 0 Å². The van der Waals surface area contributed by atoms with Crippen LogP contribution in [0, 0.1) is 0 Å². The van der Waals surface area contributed by atoms with Crippen molar-refractivity contribution in [1.82, 2.24) is 15.0 Å². The summed E-state index contributed by atoms with van der Waals surface area (Å²) in [5.74, 6) is 1.60. The summed E-state index contributed by atoms with van der Waals surface area (Å²) in [4.78, 5) is 5.11. The SMILES string of the molecule is CCCc1cc(C2CCN(C)[C@H]2N2CCCC2)on1.Cl. The predicted octanol–water partition coefficient (Wildman–Crippen LogP) is 2.89. The fraction of sp³-hybridized carbons (Fsp3) is 0.800. The number of rotatable bonds is 4. The summed E-state index contributed by atoms with van der Waals surface area (Å²) in [6, 6.07) is 2.19. The summed E-state index contributed by atoms with van der Waals surface area (Å²) in [5.41, 5.74) is 1.12. The van der Waals surface area contributed by atoms with Crippen LogP contribution >= 0.6 is 12.4 Å². The van der Waals surface area contributed by atoms with E-state index in [9.17, 15) is 0 Å². The van der Waals surface area contributed by atoms with E-state index in [-0.39, 0.29) is 12.4 Å². The molecular formula is C15H26ClN3O. The molecule has 3 rings (SSSR count). The Balaban J connectivity index is 0.00000147. The summed E-state index contributed by atoms with van der Waals surface area (Å²) in [6.45, 7) is 5.82. The van der Waals surface area contributed by atoms with E-state index in [2.05, 4.69) is 35.0 Å². The van der Waals surface area contributed by atoms with Gasteiger partial charge in [0, 0.05) is 12.6 Å². The van der Waals surface area contributed by atoms with Crippen molar-refractivity contribution >= 4 is 12.4 Å². The maximum absolute atomic E-state index is 5.64. The second kappa shape index (κ2) is 6.92. The predicted molar refractivity (Wildman–Crippen MR) is 82.3 cm³/mol. The molecule has 114 valence electrons. The van der Waals surface area contributed by atoms with Gasteiger partial charge in [0.25, 0.3) is 0 Å². The van der Waals surface area contributed by atoms with E-state index < -0.39 is 0 Å². The third kappa shape index (κ3) is 3.02.